The summed E-state index contributed by atoms with van der Waals surface area (Å²) >= 11 is 5.34. The van der Waals surface area contributed by atoms with E-state index in [4.69, 9.17) is 17.3 Å². The summed E-state index contributed by atoms with van der Waals surface area (Å²) < 4.78 is 25.0. The molecular weight excluding hydrogens is 252 g/mol. The van der Waals surface area contributed by atoms with Crippen LogP contribution in [-0.2, 0) is 10.0 Å². The summed E-state index contributed by atoms with van der Waals surface area (Å²) in [5, 5.41) is 0. The first-order valence-electron chi connectivity index (χ1n) is 4.41. The van der Waals surface area contributed by atoms with Crippen LogP contribution in [0.25, 0.3) is 0 Å². The summed E-state index contributed by atoms with van der Waals surface area (Å²) in [6.45, 7) is 0. The lowest BCUT2D eigenvalue weighted by Gasteiger charge is -2.07. The largest absolute Gasteiger partial charge is 0.366 e. The molecule has 16 heavy (non-hydrogen) atoms. The molecule has 88 valence electrons. The number of nitrogens with two attached hydrogens (primary N) is 1. The minimum atomic E-state index is -3.46. The monoisotopic (exact) mass is 262 g/mol. The van der Waals surface area contributed by atoms with Gasteiger partial charge in [0, 0.05) is 17.1 Å². The average molecular weight is 263 g/mol. The van der Waals surface area contributed by atoms with E-state index >= 15 is 0 Å². The van der Waals surface area contributed by atoms with Crippen LogP contribution in [0.3, 0.4) is 0 Å². The molecule has 0 radical (unpaired) electrons. The number of carbonyl (C=O) groups is 1. The number of rotatable bonds is 5. The van der Waals surface area contributed by atoms with E-state index in [9.17, 15) is 13.2 Å². The molecule has 0 unspecified atom stereocenters. The molecule has 0 heterocycles. The Bertz CT molecular complexity index is 487. The minimum absolute atomic E-state index is 0.00481. The van der Waals surface area contributed by atoms with Gasteiger partial charge in [0.05, 0.1) is 5.75 Å². The Morgan fingerprint density at radius 2 is 2.12 bits per heavy atom. The molecule has 0 fully saturated rings. The van der Waals surface area contributed by atoms with Gasteiger partial charge in [0.25, 0.3) is 0 Å². The van der Waals surface area contributed by atoms with Gasteiger partial charge in [0.2, 0.25) is 15.9 Å². The molecule has 1 rings (SSSR count). The molecule has 0 aromatic heterocycles. The molecule has 0 aliphatic heterocycles. The number of carbonyl (C=O) groups excluding carboxylic acids is 1. The summed E-state index contributed by atoms with van der Waals surface area (Å²) in [5.74, 6) is -0.793. The number of anilines is 1. The van der Waals surface area contributed by atoms with E-state index in [1.54, 1.807) is 6.07 Å². The Kier molecular flexibility index (Phi) is 4.14. The summed E-state index contributed by atoms with van der Waals surface area (Å²) in [6, 6.07) is 5.94. The number of amides is 1. The van der Waals surface area contributed by atoms with Crippen molar-refractivity contribution in [2.24, 2.45) is 5.73 Å². The summed E-state index contributed by atoms with van der Waals surface area (Å²) in [6.07, 6.45) is 0. The number of benzene rings is 1. The van der Waals surface area contributed by atoms with E-state index in [1.165, 1.54) is 18.2 Å². The van der Waals surface area contributed by atoms with Gasteiger partial charge in [-0.1, -0.05) is 6.07 Å². The molecule has 1 aromatic carbocycles. The number of sulfonamides is 1. The van der Waals surface area contributed by atoms with E-state index in [2.05, 4.69) is 4.72 Å². The molecule has 5 nitrogen and oxygen atoms in total. The van der Waals surface area contributed by atoms with E-state index in [0.29, 0.717) is 5.69 Å². The van der Waals surface area contributed by atoms with Gasteiger partial charge in [0.15, 0.2) is 0 Å². The van der Waals surface area contributed by atoms with Crippen molar-refractivity contribution in [3.05, 3.63) is 29.8 Å². The number of halogens is 1. The number of hydrogen-bond donors (Lipinski definition) is 2. The molecule has 7 heteroatoms. The van der Waals surface area contributed by atoms with Crippen LogP contribution in [-0.4, -0.2) is 26.0 Å². The van der Waals surface area contributed by atoms with Gasteiger partial charge in [-0.25, -0.2) is 8.42 Å². The maximum absolute atomic E-state index is 11.4. The highest BCUT2D eigenvalue weighted by molar-refractivity contribution is 7.92. The van der Waals surface area contributed by atoms with Gasteiger partial charge in [-0.05, 0) is 18.2 Å². The molecule has 0 spiro atoms. The fraction of sp³-hybridized carbons (Fsp3) is 0.222. The van der Waals surface area contributed by atoms with Crippen LogP contribution >= 0.6 is 11.6 Å². The third-order valence-electron chi connectivity index (χ3n) is 1.77. The maximum Gasteiger partial charge on any atom is 0.248 e. The molecule has 3 N–H and O–H groups in total. The highest BCUT2D eigenvalue weighted by atomic mass is 35.5. The lowest BCUT2D eigenvalue weighted by molar-refractivity contribution is 0.100. The standard InChI is InChI=1S/C9H11ClN2O3S/c10-4-5-16(14,15)12-8-3-1-2-7(6-8)9(11)13/h1-3,6,12H,4-5H2,(H2,11,13). The van der Waals surface area contributed by atoms with Crippen molar-refractivity contribution >= 4 is 33.2 Å². The molecular formula is C9H11ClN2O3S. The van der Waals surface area contributed by atoms with Crippen molar-refractivity contribution in [3.63, 3.8) is 0 Å². The Morgan fingerprint density at radius 1 is 1.44 bits per heavy atom. The number of primary amides is 1. The first-order valence-corrected chi connectivity index (χ1v) is 6.59. The van der Waals surface area contributed by atoms with Crippen LogP contribution in [0.4, 0.5) is 5.69 Å². The van der Waals surface area contributed by atoms with Crippen molar-refractivity contribution in [2.45, 2.75) is 0 Å². The van der Waals surface area contributed by atoms with Gasteiger partial charge in [-0.2, -0.15) is 0 Å². The second-order valence-electron chi connectivity index (χ2n) is 3.05. The lowest BCUT2D eigenvalue weighted by Crippen LogP contribution is -2.18. The molecule has 0 bridgehead atoms. The number of alkyl halides is 1. The number of nitrogens with one attached hydrogen (secondary N) is 1. The predicted octanol–water partition coefficient (Wildman–Crippen LogP) is 0.766. The van der Waals surface area contributed by atoms with Gasteiger partial charge < -0.3 is 5.73 Å². The van der Waals surface area contributed by atoms with Crippen LogP contribution in [0.15, 0.2) is 24.3 Å². The fourth-order valence-corrected chi connectivity index (χ4v) is 2.47. The van der Waals surface area contributed by atoms with Gasteiger partial charge in [0.1, 0.15) is 0 Å². The Morgan fingerprint density at radius 3 is 2.69 bits per heavy atom. The smallest absolute Gasteiger partial charge is 0.248 e. The fourth-order valence-electron chi connectivity index (χ4n) is 1.07. The summed E-state index contributed by atoms with van der Waals surface area (Å²) in [5.41, 5.74) is 5.60. The Balaban J connectivity index is 2.90. The zero-order valence-electron chi connectivity index (χ0n) is 8.31. The Hall–Kier alpha value is -1.27. The van der Waals surface area contributed by atoms with Crippen molar-refractivity contribution in [1.82, 2.24) is 0 Å². The molecule has 0 saturated heterocycles. The zero-order valence-corrected chi connectivity index (χ0v) is 9.88. The van der Waals surface area contributed by atoms with E-state index in [1.807, 2.05) is 0 Å². The van der Waals surface area contributed by atoms with E-state index < -0.39 is 15.9 Å². The van der Waals surface area contributed by atoms with E-state index in [-0.39, 0.29) is 17.2 Å². The lowest BCUT2D eigenvalue weighted by atomic mass is 10.2. The molecule has 0 saturated carbocycles. The molecule has 1 amide bonds. The van der Waals surface area contributed by atoms with Gasteiger partial charge in [-0.3, -0.25) is 9.52 Å². The topological polar surface area (TPSA) is 89.3 Å². The molecule has 0 aliphatic carbocycles. The predicted molar refractivity (Wildman–Crippen MR) is 63.1 cm³/mol. The average Bonchev–Trinajstić information content (AvgIpc) is 2.17. The van der Waals surface area contributed by atoms with Crippen LogP contribution in [0.2, 0.25) is 0 Å². The minimum Gasteiger partial charge on any atom is -0.366 e. The number of hydrogen-bond acceptors (Lipinski definition) is 3. The summed E-state index contributed by atoms with van der Waals surface area (Å²) in [4.78, 5) is 10.9. The van der Waals surface area contributed by atoms with Crippen LogP contribution in [0.1, 0.15) is 10.4 Å². The third-order valence-corrected chi connectivity index (χ3v) is 3.47. The molecule has 1 aromatic rings. The normalized spacial score (nSPS) is 11.1. The van der Waals surface area contributed by atoms with Crippen LogP contribution in [0, 0.1) is 0 Å². The first kappa shape index (κ1) is 12.8. The highest BCUT2D eigenvalue weighted by Gasteiger charge is 2.10. The van der Waals surface area contributed by atoms with Crippen molar-refractivity contribution in [1.29, 1.82) is 0 Å². The molecule has 0 atom stereocenters. The van der Waals surface area contributed by atoms with Gasteiger partial charge in [-0.15, -0.1) is 11.6 Å². The van der Waals surface area contributed by atoms with E-state index in [0.717, 1.165) is 0 Å². The SMILES string of the molecule is NC(=O)c1cccc(NS(=O)(=O)CCCl)c1. The highest BCUT2D eigenvalue weighted by Crippen LogP contribution is 2.12. The van der Waals surface area contributed by atoms with Crippen molar-refractivity contribution < 1.29 is 13.2 Å². The second kappa shape index (κ2) is 5.18. The van der Waals surface area contributed by atoms with Crippen molar-refractivity contribution in [3.8, 4) is 0 Å². The van der Waals surface area contributed by atoms with Crippen LogP contribution in [0.5, 0.6) is 0 Å². The second-order valence-corrected chi connectivity index (χ2v) is 5.27. The van der Waals surface area contributed by atoms with Gasteiger partial charge >= 0.3 is 0 Å². The Labute approximate surface area is 98.6 Å². The van der Waals surface area contributed by atoms with Crippen LogP contribution < -0.4 is 10.5 Å². The first-order chi connectivity index (χ1) is 7.44. The maximum atomic E-state index is 11.4. The zero-order chi connectivity index (χ0) is 12.2. The summed E-state index contributed by atoms with van der Waals surface area (Å²) in [7, 11) is -3.46. The van der Waals surface area contributed by atoms with Crippen molar-refractivity contribution in [2.75, 3.05) is 16.4 Å². The third kappa shape index (κ3) is 3.71. The molecule has 0 aliphatic rings. The quantitative estimate of drug-likeness (QED) is 0.768.